The zero-order valence-corrected chi connectivity index (χ0v) is 27.2. The molecule has 0 unspecified atom stereocenters. The van der Waals surface area contributed by atoms with Crippen molar-refractivity contribution in [2.45, 2.75) is 84.4 Å². The molecule has 0 aliphatic carbocycles. The van der Waals surface area contributed by atoms with E-state index in [2.05, 4.69) is 28.3 Å². The summed E-state index contributed by atoms with van der Waals surface area (Å²) in [6.45, 7) is 10.9. The summed E-state index contributed by atoms with van der Waals surface area (Å²) in [4.78, 5) is 43.2. The Balaban J connectivity index is 1.26. The molecule has 46 heavy (non-hydrogen) atoms. The Kier molecular flexibility index (Phi) is 8.80. The van der Waals surface area contributed by atoms with E-state index in [0.717, 1.165) is 53.3 Å². The number of likely N-dealkylation sites (tertiary alicyclic amines) is 1. The van der Waals surface area contributed by atoms with Crippen molar-refractivity contribution in [1.29, 1.82) is 0 Å². The van der Waals surface area contributed by atoms with Crippen LogP contribution in [0.3, 0.4) is 0 Å². The van der Waals surface area contributed by atoms with E-state index in [0.29, 0.717) is 42.8 Å². The number of hydrogen-bond acceptors (Lipinski definition) is 8. The molecule has 2 amide bonds. The number of anilines is 2. The molecule has 2 aromatic heterocycles. The van der Waals surface area contributed by atoms with E-state index in [4.69, 9.17) is 14.5 Å². The van der Waals surface area contributed by atoms with Crippen LogP contribution in [0.25, 0.3) is 22.0 Å². The van der Waals surface area contributed by atoms with Crippen molar-refractivity contribution < 1.29 is 19.1 Å². The molecule has 2 aliphatic heterocycles. The maximum Gasteiger partial charge on any atom is 0.410 e. The first kappa shape index (κ1) is 31.3. The van der Waals surface area contributed by atoms with Crippen LogP contribution in [0.4, 0.5) is 16.4 Å². The second-order valence-corrected chi connectivity index (χ2v) is 13.1. The first-order valence-electron chi connectivity index (χ1n) is 16.2. The number of amides is 2. The number of nitrogens with zero attached hydrogens (tertiary/aromatic N) is 5. The van der Waals surface area contributed by atoms with Crippen LogP contribution in [0.2, 0.25) is 0 Å². The number of aryl methyl sites for hydroxylation is 1. The summed E-state index contributed by atoms with van der Waals surface area (Å²) in [5.74, 6) is 1.74. The van der Waals surface area contributed by atoms with Gasteiger partial charge in [-0.05, 0) is 83.2 Å². The van der Waals surface area contributed by atoms with Crippen LogP contribution in [0, 0.1) is 6.92 Å². The van der Waals surface area contributed by atoms with Gasteiger partial charge in [0.2, 0.25) is 17.7 Å². The number of hydrogen-bond donors (Lipinski definition) is 1. The van der Waals surface area contributed by atoms with E-state index in [1.54, 1.807) is 17.3 Å². The molecule has 2 atom stereocenters. The van der Waals surface area contributed by atoms with E-state index < -0.39 is 5.60 Å². The number of ether oxygens (including phenoxy) is 2. The predicted molar refractivity (Wildman–Crippen MR) is 179 cm³/mol. The number of aromatic nitrogens is 3. The summed E-state index contributed by atoms with van der Waals surface area (Å²) >= 11 is 0. The summed E-state index contributed by atoms with van der Waals surface area (Å²) < 4.78 is 12.2. The van der Waals surface area contributed by atoms with Gasteiger partial charge in [-0.15, -0.1) is 0 Å². The van der Waals surface area contributed by atoms with Crippen LogP contribution in [-0.2, 0) is 9.53 Å². The van der Waals surface area contributed by atoms with Gasteiger partial charge < -0.3 is 24.6 Å². The van der Waals surface area contributed by atoms with Gasteiger partial charge >= 0.3 is 6.09 Å². The fourth-order valence-electron chi connectivity index (χ4n) is 6.34. The Morgan fingerprint density at radius 2 is 1.87 bits per heavy atom. The molecule has 0 radical (unpaired) electrons. The van der Waals surface area contributed by atoms with Gasteiger partial charge in [0.1, 0.15) is 11.4 Å². The lowest BCUT2D eigenvalue weighted by molar-refractivity contribution is -0.117. The fourth-order valence-corrected chi connectivity index (χ4v) is 6.34. The average molecular weight is 623 g/mol. The molecule has 6 rings (SSSR count). The van der Waals surface area contributed by atoms with Crippen molar-refractivity contribution in [3.8, 4) is 22.9 Å². The largest absolute Gasteiger partial charge is 0.444 e. The van der Waals surface area contributed by atoms with Gasteiger partial charge in [0.15, 0.2) is 0 Å². The van der Waals surface area contributed by atoms with Crippen molar-refractivity contribution in [2.24, 2.45) is 0 Å². The first-order valence-corrected chi connectivity index (χ1v) is 16.2. The van der Waals surface area contributed by atoms with Crippen LogP contribution in [0.5, 0.6) is 11.6 Å². The van der Waals surface area contributed by atoms with Crippen molar-refractivity contribution in [2.75, 3.05) is 23.3 Å². The molecule has 2 aromatic carbocycles. The van der Waals surface area contributed by atoms with E-state index in [9.17, 15) is 9.59 Å². The van der Waals surface area contributed by atoms with Crippen molar-refractivity contribution in [3.05, 3.63) is 66.5 Å². The van der Waals surface area contributed by atoms with E-state index in [1.165, 1.54) is 0 Å². The molecule has 1 N–H and O–H groups in total. The van der Waals surface area contributed by atoms with Crippen molar-refractivity contribution in [3.63, 3.8) is 0 Å². The second kappa shape index (κ2) is 12.9. The number of rotatable bonds is 7. The summed E-state index contributed by atoms with van der Waals surface area (Å²) in [5, 5.41) is 5.31. The third-order valence-corrected chi connectivity index (χ3v) is 8.55. The average Bonchev–Trinajstić information content (AvgIpc) is 3.41. The molecule has 10 nitrogen and oxygen atoms in total. The summed E-state index contributed by atoms with van der Waals surface area (Å²) in [6.07, 6.45) is 7.20. The number of pyridine rings is 1. The standard InChI is InChI=1S/C36H42N6O4/c1-6-25-15-17-31(43)42(25)30-13-7-11-27-26(30)16-14-23(2)32(27)45-33-28(12-8-19-37-33)29-18-20-38-34(40-29)39-24-10-9-21-41(22-24)35(44)46-36(3,4)5/h7-8,11-14,16,18-20,24-25H,6,9-10,15,17,21-22H2,1-5H3,(H,38,39,40)/t24-,25-/m0/s1. The number of carbonyl (C=O) groups is 2. The number of piperidine rings is 1. The lowest BCUT2D eigenvalue weighted by Gasteiger charge is -2.34. The predicted octanol–water partition coefficient (Wildman–Crippen LogP) is 7.51. The van der Waals surface area contributed by atoms with Gasteiger partial charge in [-0.25, -0.2) is 19.7 Å². The molecule has 10 heteroatoms. The third kappa shape index (κ3) is 6.61. The van der Waals surface area contributed by atoms with Gasteiger partial charge in [0.05, 0.1) is 16.9 Å². The normalized spacial score (nSPS) is 18.6. The van der Waals surface area contributed by atoms with E-state index >= 15 is 0 Å². The van der Waals surface area contributed by atoms with Crippen molar-refractivity contribution in [1.82, 2.24) is 19.9 Å². The van der Waals surface area contributed by atoms with E-state index in [1.807, 2.05) is 75.1 Å². The monoisotopic (exact) mass is 622 g/mol. The fraction of sp³-hybridized carbons (Fsp3) is 0.417. The molecule has 0 saturated carbocycles. The van der Waals surface area contributed by atoms with Crippen LogP contribution in [0.15, 0.2) is 60.9 Å². The summed E-state index contributed by atoms with van der Waals surface area (Å²) in [5.41, 5.74) is 2.71. The Morgan fingerprint density at radius 1 is 1.02 bits per heavy atom. The smallest absolute Gasteiger partial charge is 0.410 e. The van der Waals surface area contributed by atoms with Gasteiger partial charge in [-0.2, -0.15) is 0 Å². The molecular formula is C36H42N6O4. The highest BCUT2D eigenvalue weighted by atomic mass is 16.6. The topological polar surface area (TPSA) is 110 Å². The van der Waals surface area contributed by atoms with Crippen LogP contribution < -0.4 is 15.0 Å². The van der Waals surface area contributed by atoms with Crippen LogP contribution in [-0.4, -0.2) is 62.6 Å². The maximum absolute atomic E-state index is 12.9. The number of carbonyl (C=O) groups excluding carboxylic acids is 2. The van der Waals surface area contributed by atoms with Gasteiger partial charge in [0, 0.05) is 54.8 Å². The molecule has 2 aliphatic rings. The molecule has 4 heterocycles. The molecule has 2 saturated heterocycles. The molecule has 2 fully saturated rings. The summed E-state index contributed by atoms with van der Waals surface area (Å²) in [6, 6.07) is 15.9. The highest BCUT2D eigenvalue weighted by Crippen LogP contribution is 2.41. The highest BCUT2D eigenvalue weighted by Gasteiger charge is 2.32. The molecule has 240 valence electrons. The SMILES string of the molecule is CC[C@H]1CCC(=O)N1c1cccc2c(Oc3ncccc3-c3ccnc(N[C@H]4CCCN(C(=O)OC(C)(C)C)C4)n3)c(C)ccc12. The summed E-state index contributed by atoms with van der Waals surface area (Å²) in [7, 11) is 0. The Labute approximate surface area is 270 Å². The minimum atomic E-state index is -0.545. The van der Waals surface area contributed by atoms with Gasteiger partial charge in [-0.1, -0.05) is 31.2 Å². The lowest BCUT2D eigenvalue weighted by Crippen LogP contribution is -2.47. The van der Waals surface area contributed by atoms with Crippen LogP contribution in [0.1, 0.15) is 65.4 Å². The third-order valence-electron chi connectivity index (χ3n) is 8.55. The highest BCUT2D eigenvalue weighted by molar-refractivity contribution is 6.07. The van der Waals surface area contributed by atoms with Crippen LogP contribution >= 0.6 is 0 Å². The minimum absolute atomic E-state index is 0.0107. The molecular weight excluding hydrogens is 580 g/mol. The van der Waals surface area contributed by atoms with E-state index in [-0.39, 0.29) is 24.1 Å². The maximum atomic E-state index is 12.9. The van der Waals surface area contributed by atoms with Crippen molar-refractivity contribution >= 4 is 34.4 Å². The number of nitrogens with one attached hydrogen (secondary N) is 1. The Hall–Kier alpha value is -4.73. The molecule has 4 aromatic rings. The second-order valence-electron chi connectivity index (χ2n) is 13.1. The quantitative estimate of drug-likeness (QED) is 0.226. The Bertz CT molecular complexity index is 1750. The minimum Gasteiger partial charge on any atom is -0.444 e. The van der Waals surface area contributed by atoms with Gasteiger partial charge in [0.25, 0.3) is 0 Å². The lowest BCUT2D eigenvalue weighted by atomic mass is 10.0. The zero-order valence-electron chi connectivity index (χ0n) is 27.2. The molecule has 0 bridgehead atoms. The molecule has 0 spiro atoms. The zero-order chi connectivity index (χ0) is 32.4. The Morgan fingerprint density at radius 3 is 2.67 bits per heavy atom. The number of benzene rings is 2. The van der Waals surface area contributed by atoms with Gasteiger partial charge in [-0.3, -0.25) is 4.79 Å². The number of fused-ring (bicyclic) bond motifs is 1. The first-order chi connectivity index (χ1) is 22.1.